The molecule has 1 N–H and O–H groups in total. The predicted molar refractivity (Wildman–Crippen MR) is 55.6 cm³/mol. The van der Waals surface area contributed by atoms with Gasteiger partial charge in [-0.25, -0.2) is 0 Å². The summed E-state index contributed by atoms with van der Waals surface area (Å²) in [5, 5.41) is 8.90. The lowest BCUT2D eigenvalue weighted by atomic mass is 10.0. The van der Waals surface area contributed by atoms with Crippen molar-refractivity contribution in [2.24, 2.45) is 0 Å². The first kappa shape index (κ1) is 10.5. The third kappa shape index (κ3) is 2.68. The highest BCUT2D eigenvalue weighted by atomic mass is 16.3. The number of hydrogen-bond donors (Lipinski definition) is 1. The first-order chi connectivity index (χ1) is 6.31. The minimum Gasteiger partial charge on any atom is -0.392 e. The summed E-state index contributed by atoms with van der Waals surface area (Å²) < 4.78 is 0. The third-order valence-electron chi connectivity index (χ3n) is 2.62. The molecule has 1 aliphatic rings. The van der Waals surface area contributed by atoms with Gasteiger partial charge in [0.2, 0.25) is 0 Å². The summed E-state index contributed by atoms with van der Waals surface area (Å²) in [5.41, 5.74) is 1.04. The summed E-state index contributed by atoms with van der Waals surface area (Å²) in [6, 6.07) is 0.533. The van der Waals surface area contributed by atoms with Crippen molar-refractivity contribution in [2.45, 2.75) is 26.3 Å². The molecule has 0 saturated heterocycles. The molecule has 0 amide bonds. The highest BCUT2D eigenvalue weighted by Gasteiger charge is 2.13. The molecule has 13 heavy (non-hydrogen) atoms. The zero-order valence-electron chi connectivity index (χ0n) is 8.53. The number of rotatable bonds is 4. The van der Waals surface area contributed by atoms with Crippen molar-refractivity contribution in [3.8, 4) is 0 Å². The maximum Gasteiger partial charge on any atom is 0.0678 e. The van der Waals surface area contributed by atoms with Gasteiger partial charge in [0, 0.05) is 6.04 Å². The number of nitrogens with zero attached hydrogens (tertiary/aromatic N) is 1. The van der Waals surface area contributed by atoms with Crippen LogP contribution in [0.3, 0.4) is 0 Å². The summed E-state index contributed by atoms with van der Waals surface area (Å²) in [6.07, 6.45) is 7.39. The Hall–Kier alpha value is -0.600. The number of aliphatic hydroxyl groups is 1. The Balaban J connectivity index is 2.50. The molecule has 0 spiro atoms. The lowest BCUT2D eigenvalue weighted by Gasteiger charge is -2.28. The molecule has 74 valence electrons. The number of likely N-dealkylation sites (N-methyl/N-ethyl adjacent to an activating group) is 1. The first-order valence-electron chi connectivity index (χ1n) is 5.04. The van der Waals surface area contributed by atoms with E-state index < -0.39 is 0 Å². The van der Waals surface area contributed by atoms with Crippen molar-refractivity contribution >= 4 is 0 Å². The summed E-state index contributed by atoms with van der Waals surface area (Å²) >= 11 is 0. The summed E-state index contributed by atoms with van der Waals surface area (Å²) in [7, 11) is 0. The van der Waals surface area contributed by atoms with Crippen molar-refractivity contribution in [1.82, 2.24) is 4.90 Å². The van der Waals surface area contributed by atoms with Crippen LogP contribution in [0, 0.1) is 0 Å². The Morgan fingerprint density at radius 1 is 1.46 bits per heavy atom. The van der Waals surface area contributed by atoms with Crippen molar-refractivity contribution in [2.75, 3.05) is 19.7 Å². The van der Waals surface area contributed by atoms with Gasteiger partial charge in [-0.15, -0.1) is 0 Å². The van der Waals surface area contributed by atoms with Crippen LogP contribution in [-0.2, 0) is 0 Å². The van der Waals surface area contributed by atoms with Crippen molar-refractivity contribution in [1.29, 1.82) is 0 Å². The fourth-order valence-corrected chi connectivity index (χ4v) is 1.73. The molecule has 2 nitrogen and oxygen atoms in total. The van der Waals surface area contributed by atoms with Gasteiger partial charge in [0.1, 0.15) is 0 Å². The standard InChI is InChI=1S/C11H19NO/c1-3-12(4-2)11-7-5-10(9-13)6-8-11/h5-7,11,13H,3-4,8-9H2,1-2H3. The highest BCUT2D eigenvalue weighted by Crippen LogP contribution is 2.14. The van der Waals surface area contributed by atoms with Gasteiger partial charge in [0.15, 0.2) is 0 Å². The van der Waals surface area contributed by atoms with E-state index in [1.54, 1.807) is 0 Å². The predicted octanol–water partition coefficient (Wildman–Crippen LogP) is 1.58. The van der Waals surface area contributed by atoms with Crippen LogP contribution in [0.15, 0.2) is 23.8 Å². The highest BCUT2D eigenvalue weighted by molar-refractivity contribution is 5.25. The molecule has 0 aliphatic heterocycles. The average Bonchev–Trinajstić information content (AvgIpc) is 2.21. The summed E-state index contributed by atoms with van der Waals surface area (Å²) in [4.78, 5) is 2.42. The largest absolute Gasteiger partial charge is 0.392 e. The Morgan fingerprint density at radius 2 is 2.15 bits per heavy atom. The molecule has 0 saturated carbocycles. The zero-order chi connectivity index (χ0) is 9.68. The lowest BCUT2D eigenvalue weighted by molar-refractivity contribution is 0.252. The van der Waals surface area contributed by atoms with Crippen LogP contribution in [0.5, 0.6) is 0 Å². The number of aliphatic hydroxyl groups excluding tert-OH is 1. The van der Waals surface area contributed by atoms with Crippen molar-refractivity contribution < 1.29 is 5.11 Å². The van der Waals surface area contributed by atoms with E-state index in [0.717, 1.165) is 25.1 Å². The Labute approximate surface area is 80.6 Å². The van der Waals surface area contributed by atoms with Gasteiger partial charge in [-0.05, 0) is 25.1 Å². The molecule has 1 atom stereocenters. The quantitative estimate of drug-likeness (QED) is 0.711. The van der Waals surface area contributed by atoms with Gasteiger partial charge in [0.05, 0.1) is 6.61 Å². The van der Waals surface area contributed by atoms with Gasteiger partial charge in [0.25, 0.3) is 0 Å². The van der Waals surface area contributed by atoms with E-state index in [4.69, 9.17) is 5.11 Å². The molecule has 0 aromatic rings. The molecule has 0 radical (unpaired) electrons. The van der Waals surface area contributed by atoms with Crippen LogP contribution in [0.1, 0.15) is 20.3 Å². The van der Waals surface area contributed by atoms with E-state index in [9.17, 15) is 0 Å². The molecule has 2 heteroatoms. The second-order valence-corrected chi connectivity index (χ2v) is 3.32. The van der Waals surface area contributed by atoms with Crippen molar-refractivity contribution in [3.63, 3.8) is 0 Å². The average molecular weight is 181 g/mol. The van der Waals surface area contributed by atoms with E-state index in [2.05, 4.69) is 30.9 Å². The third-order valence-corrected chi connectivity index (χ3v) is 2.62. The Morgan fingerprint density at radius 3 is 2.54 bits per heavy atom. The zero-order valence-corrected chi connectivity index (χ0v) is 8.53. The first-order valence-corrected chi connectivity index (χ1v) is 5.04. The second-order valence-electron chi connectivity index (χ2n) is 3.32. The van der Waals surface area contributed by atoms with E-state index in [0.29, 0.717) is 6.04 Å². The Kier molecular flexibility index (Phi) is 4.19. The van der Waals surface area contributed by atoms with Gasteiger partial charge in [-0.1, -0.05) is 32.1 Å². The topological polar surface area (TPSA) is 23.5 Å². The van der Waals surface area contributed by atoms with Crippen LogP contribution in [0.2, 0.25) is 0 Å². The number of hydrogen-bond acceptors (Lipinski definition) is 2. The molecule has 1 unspecified atom stereocenters. The van der Waals surface area contributed by atoms with E-state index in [1.807, 2.05) is 6.08 Å². The fourth-order valence-electron chi connectivity index (χ4n) is 1.73. The lowest BCUT2D eigenvalue weighted by Crippen LogP contribution is -2.34. The minimum atomic E-state index is 0.168. The molecule has 0 heterocycles. The SMILES string of the molecule is CCN(CC)C1C=CC(CO)=CC1. The maximum absolute atomic E-state index is 8.90. The summed E-state index contributed by atoms with van der Waals surface area (Å²) in [6.45, 7) is 6.72. The van der Waals surface area contributed by atoms with Crippen LogP contribution in [-0.4, -0.2) is 35.7 Å². The van der Waals surface area contributed by atoms with Crippen LogP contribution >= 0.6 is 0 Å². The van der Waals surface area contributed by atoms with E-state index in [1.165, 1.54) is 0 Å². The normalized spacial score (nSPS) is 22.2. The minimum absolute atomic E-state index is 0.168. The van der Waals surface area contributed by atoms with Crippen LogP contribution in [0.4, 0.5) is 0 Å². The maximum atomic E-state index is 8.90. The monoisotopic (exact) mass is 181 g/mol. The molecule has 1 rings (SSSR count). The molecule has 0 aromatic carbocycles. The fraction of sp³-hybridized carbons (Fsp3) is 0.636. The van der Waals surface area contributed by atoms with Gasteiger partial charge >= 0.3 is 0 Å². The Bertz CT molecular complexity index is 204. The van der Waals surface area contributed by atoms with Gasteiger partial charge in [-0.3, -0.25) is 4.90 Å². The van der Waals surface area contributed by atoms with Gasteiger partial charge in [-0.2, -0.15) is 0 Å². The molecule has 0 bridgehead atoms. The van der Waals surface area contributed by atoms with Crippen LogP contribution < -0.4 is 0 Å². The molecular weight excluding hydrogens is 162 g/mol. The molecule has 1 aliphatic carbocycles. The van der Waals surface area contributed by atoms with E-state index in [-0.39, 0.29) is 6.61 Å². The molecular formula is C11H19NO. The molecule has 0 aromatic heterocycles. The second kappa shape index (κ2) is 5.20. The summed E-state index contributed by atoms with van der Waals surface area (Å²) in [5.74, 6) is 0. The smallest absolute Gasteiger partial charge is 0.0678 e. The van der Waals surface area contributed by atoms with Crippen molar-refractivity contribution in [3.05, 3.63) is 23.8 Å². The van der Waals surface area contributed by atoms with E-state index >= 15 is 0 Å². The molecule has 0 fully saturated rings. The van der Waals surface area contributed by atoms with Crippen LogP contribution in [0.25, 0.3) is 0 Å². The van der Waals surface area contributed by atoms with Gasteiger partial charge < -0.3 is 5.11 Å².